The summed E-state index contributed by atoms with van der Waals surface area (Å²) < 4.78 is 11.3. The molecule has 1 saturated heterocycles. The van der Waals surface area contributed by atoms with Crippen molar-refractivity contribution < 1.29 is 14.3 Å². The van der Waals surface area contributed by atoms with Gasteiger partial charge in [0.05, 0.1) is 23.6 Å². The van der Waals surface area contributed by atoms with E-state index in [1.807, 2.05) is 6.07 Å². The fourth-order valence-electron chi connectivity index (χ4n) is 3.39. The molecule has 0 spiro atoms. The molecular weight excluding hydrogens is 370 g/mol. The molecule has 1 aliphatic heterocycles. The predicted octanol–water partition coefficient (Wildman–Crippen LogP) is 2.75. The van der Waals surface area contributed by atoms with Crippen molar-refractivity contribution in [2.24, 2.45) is 0 Å². The van der Waals surface area contributed by atoms with Crippen LogP contribution < -0.4 is 10.3 Å². The summed E-state index contributed by atoms with van der Waals surface area (Å²) in [6.45, 7) is 1.52. The van der Waals surface area contributed by atoms with E-state index in [2.05, 4.69) is 9.97 Å². The van der Waals surface area contributed by atoms with Gasteiger partial charge >= 0.3 is 0 Å². The van der Waals surface area contributed by atoms with E-state index < -0.39 is 0 Å². The lowest BCUT2D eigenvalue weighted by Crippen LogP contribution is -2.28. The van der Waals surface area contributed by atoms with Gasteiger partial charge in [0, 0.05) is 19.2 Å². The van der Waals surface area contributed by atoms with Crippen molar-refractivity contribution >= 4 is 16.8 Å². The van der Waals surface area contributed by atoms with E-state index in [9.17, 15) is 9.59 Å². The van der Waals surface area contributed by atoms with Gasteiger partial charge in [0.15, 0.2) is 0 Å². The number of rotatable bonds is 6. The molecule has 29 heavy (non-hydrogen) atoms. The molecule has 1 N–H and O–H groups in total. The van der Waals surface area contributed by atoms with Crippen molar-refractivity contribution in [2.45, 2.75) is 25.5 Å². The van der Waals surface area contributed by atoms with E-state index >= 15 is 0 Å². The number of fused-ring (bicyclic) bond motifs is 1. The minimum Gasteiger partial charge on any atom is -0.491 e. The van der Waals surface area contributed by atoms with E-state index in [0.29, 0.717) is 34.6 Å². The molecule has 0 aliphatic carbocycles. The zero-order chi connectivity index (χ0) is 20.2. The third kappa shape index (κ3) is 4.46. The van der Waals surface area contributed by atoms with Crippen molar-refractivity contribution in [2.75, 3.05) is 20.3 Å². The van der Waals surface area contributed by atoms with Crippen LogP contribution in [0.15, 0.2) is 53.3 Å². The maximum Gasteiger partial charge on any atom is 0.258 e. The molecule has 4 rings (SSSR count). The second-order valence-corrected chi connectivity index (χ2v) is 7.16. The van der Waals surface area contributed by atoms with E-state index in [1.54, 1.807) is 49.5 Å². The summed E-state index contributed by atoms with van der Waals surface area (Å²) in [7, 11) is 1.68. The van der Waals surface area contributed by atoms with Crippen LogP contribution in [0.1, 0.15) is 29.0 Å². The quantitative estimate of drug-likeness (QED) is 0.696. The van der Waals surface area contributed by atoms with Gasteiger partial charge in [0.1, 0.15) is 18.2 Å². The van der Waals surface area contributed by atoms with Crippen molar-refractivity contribution in [3.8, 4) is 5.75 Å². The van der Waals surface area contributed by atoms with E-state index in [-0.39, 0.29) is 24.1 Å². The van der Waals surface area contributed by atoms with Gasteiger partial charge in [0.25, 0.3) is 11.5 Å². The number of carbonyl (C=O) groups excluding carboxylic acids is 1. The first kappa shape index (κ1) is 19.1. The highest BCUT2D eigenvalue weighted by Gasteiger charge is 2.17. The Hall–Kier alpha value is -3.19. The van der Waals surface area contributed by atoms with Crippen LogP contribution in [-0.4, -0.2) is 47.1 Å². The van der Waals surface area contributed by atoms with E-state index in [4.69, 9.17) is 9.47 Å². The molecule has 150 valence electrons. The minimum absolute atomic E-state index is 0.152. The summed E-state index contributed by atoms with van der Waals surface area (Å²) >= 11 is 0. The summed E-state index contributed by atoms with van der Waals surface area (Å²) in [6.07, 6.45) is 2.25. The van der Waals surface area contributed by atoms with Gasteiger partial charge in [-0.1, -0.05) is 12.1 Å². The van der Waals surface area contributed by atoms with Gasteiger partial charge in [-0.05, 0) is 49.2 Å². The molecule has 0 saturated carbocycles. The number of amides is 1. The summed E-state index contributed by atoms with van der Waals surface area (Å²) in [4.78, 5) is 33.6. The number of aromatic nitrogens is 2. The van der Waals surface area contributed by atoms with Crippen LogP contribution in [0.5, 0.6) is 5.75 Å². The number of nitrogens with zero attached hydrogens (tertiary/aromatic N) is 2. The van der Waals surface area contributed by atoms with Gasteiger partial charge in [-0.25, -0.2) is 4.98 Å². The smallest absolute Gasteiger partial charge is 0.258 e. The number of ether oxygens (including phenoxy) is 2. The normalized spacial score (nSPS) is 16.1. The molecular formula is C22H23N3O4. The molecule has 3 aromatic rings. The lowest BCUT2D eigenvalue weighted by Gasteiger charge is -2.17. The molecule has 1 atom stereocenters. The largest absolute Gasteiger partial charge is 0.491 e. The lowest BCUT2D eigenvalue weighted by atomic mass is 10.2. The number of hydrogen-bond donors (Lipinski definition) is 1. The Bertz CT molecular complexity index is 1060. The van der Waals surface area contributed by atoms with Gasteiger partial charge in [-0.3, -0.25) is 9.59 Å². The molecule has 7 nitrogen and oxygen atoms in total. The fourth-order valence-corrected chi connectivity index (χ4v) is 3.39. The number of para-hydroxylation sites is 1. The van der Waals surface area contributed by atoms with Crippen LogP contribution in [0.2, 0.25) is 0 Å². The minimum atomic E-state index is -0.209. The van der Waals surface area contributed by atoms with E-state index in [0.717, 1.165) is 19.4 Å². The Morgan fingerprint density at radius 1 is 1.24 bits per heavy atom. The van der Waals surface area contributed by atoms with Crippen LogP contribution in [0.3, 0.4) is 0 Å². The highest BCUT2D eigenvalue weighted by atomic mass is 16.5. The number of aromatic amines is 1. The third-order valence-corrected chi connectivity index (χ3v) is 4.96. The average molecular weight is 393 g/mol. The van der Waals surface area contributed by atoms with Crippen molar-refractivity contribution in [3.05, 3.63) is 70.3 Å². The molecule has 2 aromatic carbocycles. The van der Waals surface area contributed by atoms with Crippen LogP contribution in [0.25, 0.3) is 10.9 Å². The van der Waals surface area contributed by atoms with Crippen molar-refractivity contribution in [1.82, 2.24) is 14.9 Å². The lowest BCUT2D eigenvalue weighted by molar-refractivity contribution is 0.0679. The van der Waals surface area contributed by atoms with Crippen LogP contribution >= 0.6 is 0 Å². The Labute approximate surface area is 168 Å². The van der Waals surface area contributed by atoms with E-state index in [1.165, 1.54) is 4.90 Å². The third-order valence-electron chi connectivity index (χ3n) is 4.96. The highest BCUT2D eigenvalue weighted by Crippen LogP contribution is 2.17. The Balaban J connectivity index is 1.40. The number of nitrogens with one attached hydrogen (secondary N) is 1. The Morgan fingerprint density at radius 3 is 2.79 bits per heavy atom. The first-order valence-corrected chi connectivity index (χ1v) is 9.68. The number of carbonyl (C=O) groups is 1. The molecule has 2 heterocycles. The summed E-state index contributed by atoms with van der Waals surface area (Å²) in [5, 5.41) is 0.531. The fraction of sp³-hybridized carbons (Fsp3) is 0.318. The first-order valence-electron chi connectivity index (χ1n) is 9.68. The van der Waals surface area contributed by atoms with Gasteiger partial charge in [-0.2, -0.15) is 0 Å². The summed E-state index contributed by atoms with van der Waals surface area (Å²) in [5.41, 5.74) is 0.944. The van der Waals surface area contributed by atoms with Crippen LogP contribution in [0, 0.1) is 0 Å². The SMILES string of the molecule is CN(Cc1nc2ccccc2c(=O)[nH]1)C(=O)c1ccc(OCC2CCCO2)cc1. The standard InChI is InChI=1S/C22H23N3O4/c1-25(13-20-23-19-7-3-2-6-18(19)21(26)24-20)22(27)15-8-10-16(11-9-15)29-14-17-5-4-12-28-17/h2-3,6-11,17H,4-5,12-14H2,1H3,(H,23,24,26). The number of H-pyrrole nitrogens is 1. The molecule has 1 aromatic heterocycles. The van der Waals surface area contributed by atoms with Crippen molar-refractivity contribution in [3.63, 3.8) is 0 Å². The topological polar surface area (TPSA) is 84.5 Å². The van der Waals surface area contributed by atoms with Crippen LogP contribution in [-0.2, 0) is 11.3 Å². The van der Waals surface area contributed by atoms with Gasteiger partial charge in [0.2, 0.25) is 0 Å². The second-order valence-electron chi connectivity index (χ2n) is 7.16. The molecule has 1 fully saturated rings. The molecule has 1 aliphatic rings. The zero-order valence-corrected chi connectivity index (χ0v) is 16.3. The number of hydrogen-bond acceptors (Lipinski definition) is 5. The molecule has 1 amide bonds. The monoisotopic (exact) mass is 393 g/mol. The molecule has 0 radical (unpaired) electrons. The Kier molecular flexibility index (Phi) is 5.57. The average Bonchev–Trinajstić information content (AvgIpc) is 3.26. The van der Waals surface area contributed by atoms with Gasteiger partial charge in [-0.15, -0.1) is 0 Å². The van der Waals surface area contributed by atoms with Crippen LogP contribution in [0.4, 0.5) is 0 Å². The maximum absolute atomic E-state index is 12.7. The highest BCUT2D eigenvalue weighted by molar-refractivity contribution is 5.94. The van der Waals surface area contributed by atoms with Crippen molar-refractivity contribution in [1.29, 1.82) is 0 Å². The molecule has 0 bridgehead atoms. The summed E-state index contributed by atoms with van der Waals surface area (Å²) in [5.74, 6) is 0.993. The predicted molar refractivity (Wildman–Crippen MR) is 109 cm³/mol. The molecule has 1 unspecified atom stereocenters. The Morgan fingerprint density at radius 2 is 2.03 bits per heavy atom. The second kappa shape index (κ2) is 8.45. The molecule has 7 heteroatoms. The zero-order valence-electron chi connectivity index (χ0n) is 16.3. The maximum atomic E-state index is 12.7. The number of benzene rings is 2. The first-order chi connectivity index (χ1) is 14.1. The van der Waals surface area contributed by atoms with Gasteiger partial charge < -0.3 is 19.4 Å². The summed E-state index contributed by atoms with van der Waals surface area (Å²) in [6, 6.07) is 14.2.